The van der Waals surface area contributed by atoms with Gasteiger partial charge in [0.1, 0.15) is 0 Å². The number of esters is 1. The van der Waals surface area contributed by atoms with Crippen molar-refractivity contribution in [3.8, 4) is 0 Å². The maximum atomic E-state index is 11.3. The second-order valence-electron chi connectivity index (χ2n) is 3.56. The second kappa shape index (κ2) is 4.33. The minimum absolute atomic E-state index is 0.303. The largest absolute Gasteiger partial charge is 0.465 e. The van der Waals surface area contributed by atoms with Gasteiger partial charge in [-0.2, -0.15) is 0 Å². The summed E-state index contributed by atoms with van der Waals surface area (Å²) in [7, 11) is 0. The fourth-order valence-electron chi connectivity index (χ4n) is 1.72. The molecule has 0 unspecified atom stereocenters. The summed E-state index contributed by atoms with van der Waals surface area (Å²) >= 11 is 3.33. The van der Waals surface area contributed by atoms with Gasteiger partial charge in [0.2, 0.25) is 0 Å². The zero-order chi connectivity index (χ0) is 10.8. The number of halogens is 1. The lowest BCUT2D eigenvalue weighted by atomic mass is 9.95. The third kappa shape index (κ3) is 2.21. The topological polar surface area (TPSA) is 46.5 Å². The molecule has 1 N–H and O–H groups in total. The Morgan fingerprint density at radius 3 is 2.93 bits per heavy atom. The number of hydrogen-bond acceptors (Lipinski definition) is 3. The van der Waals surface area contributed by atoms with Crippen molar-refractivity contribution in [2.75, 3.05) is 6.61 Å². The normalized spacial score (nSPS) is 22.5. The van der Waals surface area contributed by atoms with Gasteiger partial charge in [-0.1, -0.05) is 28.1 Å². The van der Waals surface area contributed by atoms with Crippen molar-refractivity contribution in [3.63, 3.8) is 0 Å². The van der Waals surface area contributed by atoms with E-state index in [9.17, 15) is 9.90 Å². The van der Waals surface area contributed by atoms with E-state index < -0.39 is 12.0 Å². The Kier molecular flexibility index (Phi) is 3.07. The first-order valence-corrected chi connectivity index (χ1v) is 5.58. The van der Waals surface area contributed by atoms with Crippen molar-refractivity contribution in [2.24, 2.45) is 5.92 Å². The summed E-state index contributed by atoms with van der Waals surface area (Å²) in [6, 6.07) is 7.34. The predicted molar refractivity (Wildman–Crippen MR) is 58.2 cm³/mol. The number of carbonyl (C=O) groups excluding carboxylic acids is 1. The number of ether oxygens (including phenoxy) is 1. The lowest BCUT2D eigenvalue weighted by Gasteiger charge is -2.14. The van der Waals surface area contributed by atoms with Crippen LogP contribution in [0.4, 0.5) is 0 Å². The van der Waals surface area contributed by atoms with Crippen LogP contribution in [0.5, 0.6) is 0 Å². The highest BCUT2D eigenvalue weighted by Crippen LogP contribution is 2.30. The molecule has 2 rings (SSSR count). The number of aliphatic hydroxyl groups excluding tert-OH is 1. The molecule has 4 heteroatoms. The van der Waals surface area contributed by atoms with E-state index in [1.54, 1.807) is 6.07 Å². The smallest absolute Gasteiger partial charge is 0.312 e. The van der Waals surface area contributed by atoms with E-state index in [1.807, 2.05) is 18.2 Å². The van der Waals surface area contributed by atoms with E-state index in [-0.39, 0.29) is 5.97 Å². The minimum Gasteiger partial charge on any atom is -0.465 e. The molecule has 0 amide bonds. The Labute approximate surface area is 96.2 Å². The van der Waals surface area contributed by atoms with Crippen molar-refractivity contribution in [2.45, 2.75) is 12.5 Å². The van der Waals surface area contributed by atoms with Crippen LogP contribution in [0.25, 0.3) is 0 Å². The summed E-state index contributed by atoms with van der Waals surface area (Å²) in [5.41, 5.74) is 0.744. The first-order chi connectivity index (χ1) is 7.18. The Hall–Kier alpha value is -0.870. The molecule has 0 spiro atoms. The molecule has 1 fully saturated rings. The van der Waals surface area contributed by atoms with Gasteiger partial charge in [0.25, 0.3) is 0 Å². The lowest BCUT2D eigenvalue weighted by Crippen LogP contribution is -2.17. The number of aliphatic hydroxyl groups is 1. The molecule has 0 aliphatic carbocycles. The van der Waals surface area contributed by atoms with Crippen LogP contribution in [-0.2, 0) is 9.53 Å². The van der Waals surface area contributed by atoms with Crippen molar-refractivity contribution < 1.29 is 14.6 Å². The highest BCUT2D eigenvalue weighted by molar-refractivity contribution is 9.10. The number of carbonyl (C=O) groups is 1. The van der Waals surface area contributed by atoms with Crippen molar-refractivity contribution in [1.29, 1.82) is 0 Å². The van der Waals surface area contributed by atoms with Crippen LogP contribution in [0.1, 0.15) is 18.1 Å². The molecule has 0 bridgehead atoms. The zero-order valence-electron chi connectivity index (χ0n) is 8.02. The quantitative estimate of drug-likeness (QED) is 0.837. The molecule has 1 aromatic carbocycles. The number of hydrogen-bond donors (Lipinski definition) is 1. The third-order valence-electron chi connectivity index (χ3n) is 2.55. The summed E-state index contributed by atoms with van der Waals surface area (Å²) in [5, 5.41) is 9.99. The van der Waals surface area contributed by atoms with Gasteiger partial charge in [0.05, 0.1) is 18.6 Å². The molecule has 80 valence electrons. The van der Waals surface area contributed by atoms with Crippen molar-refractivity contribution in [3.05, 3.63) is 34.3 Å². The molecule has 0 aromatic heterocycles. The van der Waals surface area contributed by atoms with Crippen LogP contribution in [0.2, 0.25) is 0 Å². The number of cyclic esters (lactones) is 1. The monoisotopic (exact) mass is 270 g/mol. The Morgan fingerprint density at radius 2 is 2.33 bits per heavy atom. The third-order valence-corrected chi connectivity index (χ3v) is 3.04. The molecule has 0 saturated carbocycles. The van der Waals surface area contributed by atoms with Gasteiger partial charge in [-0.15, -0.1) is 0 Å². The van der Waals surface area contributed by atoms with Crippen LogP contribution in [-0.4, -0.2) is 17.7 Å². The Balaban J connectivity index is 2.20. The van der Waals surface area contributed by atoms with E-state index in [0.29, 0.717) is 13.0 Å². The SMILES string of the molecule is O=C1OCC[C@@H]1[C@@H](O)c1cccc(Br)c1. The van der Waals surface area contributed by atoms with E-state index in [4.69, 9.17) is 4.74 Å². The molecule has 1 aliphatic rings. The number of benzene rings is 1. The van der Waals surface area contributed by atoms with Gasteiger partial charge in [-0.05, 0) is 24.1 Å². The standard InChI is InChI=1S/C11H11BrO3/c12-8-3-1-2-7(6-8)10(13)9-4-5-15-11(9)14/h1-3,6,9-10,13H,4-5H2/t9-,10+/m1/s1. The fourth-order valence-corrected chi connectivity index (χ4v) is 2.14. The van der Waals surface area contributed by atoms with Gasteiger partial charge in [-0.3, -0.25) is 4.79 Å². The summed E-state index contributed by atoms with van der Waals surface area (Å²) < 4.78 is 5.72. The van der Waals surface area contributed by atoms with E-state index in [0.717, 1.165) is 10.0 Å². The summed E-state index contributed by atoms with van der Waals surface area (Å²) in [6.07, 6.45) is -0.176. The molecule has 0 radical (unpaired) electrons. The zero-order valence-corrected chi connectivity index (χ0v) is 9.61. The van der Waals surface area contributed by atoms with Crippen LogP contribution >= 0.6 is 15.9 Å². The molecule has 1 aromatic rings. The molecule has 1 heterocycles. The van der Waals surface area contributed by atoms with Crippen LogP contribution in [0.3, 0.4) is 0 Å². The number of rotatable bonds is 2. The molecule has 1 aliphatic heterocycles. The Morgan fingerprint density at radius 1 is 1.53 bits per heavy atom. The maximum absolute atomic E-state index is 11.3. The molecule has 1 saturated heterocycles. The average Bonchev–Trinajstić information content (AvgIpc) is 2.63. The maximum Gasteiger partial charge on any atom is 0.312 e. The Bertz CT molecular complexity index is 378. The molecule has 2 atom stereocenters. The second-order valence-corrected chi connectivity index (χ2v) is 4.48. The lowest BCUT2D eigenvalue weighted by molar-refractivity contribution is -0.144. The van der Waals surface area contributed by atoms with E-state index in [2.05, 4.69) is 15.9 Å². The fraction of sp³-hybridized carbons (Fsp3) is 0.364. The minimum atomic E-state index is -0.766. The van der Waals surface area contributed by atoms with Gasteiger partial charge in [0, 0.05) is 4.47 Å². The average molecular weight is 271 g/mol. The van der Waals surface area contributed by atoms with Gasteiger partial charge < -0.3 is 9.84 Å². The summed E-state index contributed by atoms with van der Waals surface area (Å²) in [5.74, 6) is -0.721. The molecular weight excluding hydrogens is 260 g/mol. The van der Waals surface area contributed by atoms with Gasteiger partial charge in [0.15, 0.2) is 0 Å². The van der Waals surface area contributed by atoms with Crippen molar-refractivity contribution >= 4 is 21.9 Å². The highest BCUT2D eigenvalue weighted by Gasteiger charge is 2.33. The summed E-state index contributed by atoms with van der Waals surface area (Å²) in [6.45, 7) is 0.411. The highest BCUT2D eigenvalue weighted by atomic mass is 79.9. The molecular formula is C11H11BrO3. The van der Waals surface area contributed by atoms with Gasteiger partial charge >= 0.3 is 5.97 Å². The molecule has 3 nitrogen and oxygen atoms in total. The van der Waals surface area contributed by atoms with Crippen LogP contribution in [0, 0.1) is 5.92 Å². The van der Waals surface area contributed by atoms with Crippen LogP contribution < -0.4 is 0 Å². The molecule has 15 heavy (non-hydrogen) atoms. The predicted octanol–water partition coefficient (Wildman–Crippen LogP) is 2.05. The first kappa shape index (κ1) is 10.6. The van der Waals surface area contributed by atoms with Gasteiger partial charge in [-0.25, -0.2) is 0 Å². The van der Waals surface area contributed by atoms with E-state index in [1.165, 1.54) is 0 Å². The van der Waals surface area contributed by atoms with Crippen LogP contribution in [0.15, 0.2) is 28.7 Å². The first-order valence-electron chi connectivity index (χ1n) is 4.78. The van der Waals surface area contributed by atoms with Crippen molar-refractivity contribution in [1.82, 2.24) is 0 Å². The summed E-state index contributed by atoms with van der Waals surface area (Å²) in [4.78, 5) is 11.3. The van der Waals surface area contributed by atoms with E-state index >= 15 is 0 Å².